The molecule has 0 spiro atoms. The fourth-order valence-corrected chi connectivity index (χ4v) is 5.37. The second kappa shape index (κ2) is 12.6. The first kappa shape index (κ1) is 28.3. The minimum absolute atomic E-state index is 0.0377. The zero-order valence-corrected chi connectivity index (χ0v) is 23.7. The highest BCUT2D eigenvalue weighted by Crippen LogP contribution is 2.33. The number of benzene rings is 3. The molecule has 43 heavy (non-hydrogen) atoms. The first-order valence-corrected chi connectivity index (χ1v) is 14.4. The quantitative estimate of drug-likeness (QED) is 0.184. The molecular weight excluding hydrogens is 550 g/mol. The molecule has 0 unspecified atom stereocenters. The van der Waals surface area contributed by atoms with Gasteiger partial charge in [-0.05, 0) is 86.3 Å². The van der Waals surface area contributed by atoms with E-state index in [1.165, 1.54) is 18.3 Å². The van der Waals surface area contributed by atoms with Gasteiger partial charge in [0.05, 0.1) is 11.9 Å². The van der Waals surface area contributed by atoms with Gasteiger partial charge in [0.25, 0.3) is 5.91 Å². The maximum atomic E-state index is 15.3. The van der Waals surface area contributed by atoms with E-state index in [1.54, 1.807) is 41.1 Å². The van der Waals surface area contributed by atoms with Gasteiger partial charge in [0.15, 0.2) is 23.0 Å². The van der Waals surface area contributed by atoms with Crippen LogP contribution in [0.25, 0.3) is 16.9 Å². The van der Waals surface area contributed by atoms with Gasteiger partial charge in [-0.3, -0.25) is 9.20 Å². The topological polar surface area (TPSA) is 92.6 Å². The summed E-state index contributed by atoms with van der Waals surface area (Å²) in [7, 11) is 0. The van der Waals surface area contributed by atoms with E-state index in [1.807, 2.05) is 31.2 Å². The maximum absolute atomic E-state index is 15.3. The van der Waals surface area contributed by atoms with Crippen molar-refractivity contribution in [2.45, 2.75) is 26.2 Å². The smallest absolute Gasteiger partial charge is 0.251 e. The number of fused-ring (bicyclic) bond motifs is 1. The number of nitrogens with one attached hydrogen (secondary N) is 3. The molecule has 2 aromatic heterocycles. The van der Waals surface area contributed by atoms with Crippen LogP contribution in [-0.2, 0) is 6.42 Å². The van der Waals surface area contributed by atoms with E-state index in [0.29, 0.717) is 47.4 Å². The third-order valence-corrected chi connectivity index (χ3v) is 7.73. The summed E-state index contributed by atoms with van der Waals surface area (Å²) in [5, 5.41) is 9.72. The molecule has 8 nitrogen and oxygen atoms in total. The van der Waals surface area contributed by atoms with Crippen molar-refractivity contribution in [2.24, 2.45) is 5.92 Å². The van der Waals surface area contributed by atoms with Crippen molar-refractivity contribution < 1.29 is 18.3 Å². The predicted molar refractivity (Wildman–Crippen MR) is 162 cm³/mol. The van der Waals surface area contributed by atoms with Crippen LogP contribution >= 0.6 is 0 Å². The monoisotopic (exact) mass is 582 g/mol. The molecule has 1 saturated heterocycles. The number of amides is 1. The summed E-state index contributed by atoms with van der Waals surface area (Å²) >= 11 is 0. The van der Waals surface area contributed by atoms with E-state index in [-0.39, 0.29) is 17.2 Å². The number of hydrogen-bond donors (Lipinski definition) is 3. The molecule has 0 bridgehead atoms. The summed E-state index contributed by atoms with van der Waals surface area (Å²) in [6, 6.07) is 17.1. The molecule has 1 fully saturated rings. The van der Waals surface area contributed by atoms with E-state index in [2.05, 4.69) is 25.9 Å². The molecule has 1 aliphatic rings. The van der Waals surface area contributed by atoms with Gasteiger partial charge in [-0.1, -0.05) is 25.1 Å². The van der Waals surface area contributed by atoms with Crippen molar-refractivity contribution >= 4 is 23.1 Å². The van der Waals surface area contributed by atoms with Gasteiger partial charge in [-0.25, -0.2) is 14.4 Å². The van der Waals surface area contributed by atoms with Crippen molar-refractivity contribution in [2.75, 3.05) is 25.0 Å². The number of aryl methyl sites for hydroxylation is 1. The van der Waals surface area contributed by atoms with Crippen LogP contribution in [-0.4, -0.2) is 39.9 Å². The fourth-order valence-electron chi connectivity index (χ4n) is 5.37. The number of halogens is 2. The summed E-state index contributed by atoms with van der Waals surface area (Å²) in [5.74, 6) is -1.08. The third kappa shape index (κ3) is 6.05. The van der Waals surface area contributed by atoms with Crippen molar-refractivity contribution in [3.05, 3.63) is 102 Å². The van der Waals surface area contributed by atoms with Crippen LogP contribution < -0.4 is 20.7 Å². The van der Waals surface area contributed by atoms with Crippen LogP contribution in [0.3, 0.4) is 0 Å². The van der Waals surface area contributed by atoms with Gasteiger partial charge in [0, 0.05) is 35.8 Å². The van der Waals surface area contributed by atoms with E-state index in [0.717, 1.165) is 37.2 Å². The Hall–Kier alpha value is -4.83. The Labute approximate surface area is 248 Å². The number of hydrogen-bond acceptors (Lipinski definition) is 6. The van der Waals surface area contributed by atoms with Gasteiger partial charge in [0.2, 0.25) is 5.82 Å². The fraction of sp³-hybridized carbons (Fsp3) is 0.242. The largest absolute Gasteiger partial charge is 0.454 e. The Balaban J connectivity index is 1.22. The molecule has 3 aromatic carbocycles. The summed E-state index contributed by atoms with van der Waals surface area (Å²) < 4.78 is 37.5. The number of para-hydroxylation sites is 1. The Kier molecular flexibility index (Phi) is 8.28. The first-order valence-electron chi connectivity index (χ1n) is 14.4. The van der Waals surface area contributed by atoms with Gasteiger partial charge >= 0.3 is 0 Å². The lowest BCUT2D eigenvalue weighted by atomic mass is 9.97. The number of nitrogens with zero attached hydrogens (tertiary/aromatic N) is 3. The standard InChI is InChI=1S/C33H32F2N6O2/c1-2-22-18-23(8-9-25(22)33(42)39-19-21-12-14-36-15-13-21)40-31-32-38-20-27(41(32)17-16-37-31)26-10-11-28(30(35)29(26)34)43-24-6-4-3-5-7-24/h3-11,16-18,20-21,36H,2,12-15,19H2,1H3,(H,37,40)(H,39,42). The van der Waals surface area contributed by atoms with E-state index in [4.69, 9.17) is 4.74 Å². The van der Waals surface area contributed by atoms with Gasteiger partial charge in [-0.15, -0.1) is 0 Å². The number of aromatic nitrogens is 3. The zero-order valence-electron chi connectivity index (χ0n) is 23.7. The molecular formula is C33H32F2N6O2. The van der Waals surface area contributed by atoms with Crippen LogP contribution in [0, 0.1) is 17.6 Å². The number of ether oxygens (including phenoxy) is 1. The lowest BCUT2D eigenvalue weighted by Gasteiger charge is -2.23. The highest BCUT2D eigenvalue weighted by atomic mass is 19.2. The molecule has 1 amide bonds. The summed E-state index contributed by atoms with van der Waals surface area (Å²) in [6.07, 6.45) is 7.48. The van der Waals surface area contributed by atoms with Crippen molar-refractivity contribution in [1.82, 2.24) is 25.0 Å². The number of anilines is 2. The second-order valence-corrected chi connectivity index (χ2v) is 10.5. The third-order valence-electron chi connectivity index (χ3n) is 7.73. The Morgan fingerprint density at radius 1 is 1.05 bits per heavy atom. The lowest BCUT2D eigenvalue weighted by Crippen LogP contribution is -2.36. The average Bonchev–Trinajstić information content (AvgIpc) is 3.48. The number of rotatable bonds is 9. The Morgan fingerprint density at radius 2 is 1.86 bits per heavy atom. The highest BCUT2D eigenvalue weighted by molar-refractivity contribution is 5.96. The molecule has 3 N–H and O–H groups in total. The molecule has 0 saturated carbocycles. The number of piperidine rings is 1. The number of carbonyl (C=O) groups is 1. The normalized spacial score (nSPS) is 13.7. The summed E-state index contributed by atoms with van der Waals surface area (Å²) in [6.45, 7) is 4.65. The maximum Gasteiger partial charge on any atom is 0.251 e. The molecule has 10 heteroatoms. The van der Waals surface area contributed by atoms with E-state index in [9.17, 15) is 4.79 Å². The van der Waals surface area contributed by atoms with Crippen LogP contribution in [0.15, 0.2) is 79.3 Å². The molecule has 0 radical (unpaired) electrons. The van der Waals surface area contributed by atoms with Crippen molar-refractivity contribution in [3.8, 4) is 22.8 Å². The van der Waals surface area contributed by atoms with Crippen LogP contribution in [0.5, 0.6) is 11.5 Å². The molecule has 220 valence electrons. The molecule has 0 atom stereocenters. The summed E-state index contributed by atoms with van der Waals surface area (Å²) in [4.78, 5) is 21.9. The van der Waals surface area contributed by atoms with Gasteiger partial charge in [-0.2, -0.15) is 4.39 Å². The number of carbonyl (C=O) groups excluding carboxylic acids is 1. The SMILES string of the molecule is CCc1cc(Nc2nccn3c(-c4ccc(Oc5ccccc5)c(F)c4F)cnc23)ccc1C(=O)NCC1CCNCC1. The van der Waals surface area contributed by atoms with Crippen LogP contribution in [0.1, 0.15) is 35.7 Å². The van der Waals surface area contributed by atoms with E-state index < -0.39 is 11.6 Å². The van der Waals surface area contributed by atoms with Crippen LogP contribution in [0.2, 0.25) is 0 Å². The Morgan fingerprint density at radius 3 is 2.65 bits per heavy atom. The van der Waals surface area contributed by atoms with Crippen LogP contribution in [0.4, 0.5) is 20.3 Å². The second-order valence-electron chi connectivity index (χ2n) is 10.5. The molecule has 3 heterocycles. The van der Waals surface area contributed by atoms with Crippen molar-refractivity contribution in [3.63, 3.8) is 0 Å². The van der Waals surface area contributed by atoms with E-state index >= 15 is 8.78 Å². The van der Waals surface area contributed by atoms with Crippen molar-refractivity contribution in [1.29, 1.82) is 0 Å². The summed E-state index contributed by atoms with van der Waals surface area (Å²) in [5.41, 5.74) is 3.11. The first-order chi connectivity index (χ1) is 21.0. The average molecular weight is 583 g/mol. The predicted octanol–water partition coefficient (Wildman–Crippen LogP) is 6.50. The highest BCUT2D eigenvalue weighted by Gasteiger charge is 2.21. The lowest BCUT2D eigenvalue weighted by molar-refractivity contribution is 0.0943. The van der Waals surface area contributed by atoms with Gasteiger partial charge < -0.3 is 20.7 Å². The number of imidazole rings is 1. The zero-order chi connectivity index (χ0) is 29.8. The molecule has 1 aliphatic heterocycles. The molecule has 0 aliphatic carbocycles. The van der Waals surface area contributed by atoms with Gasteiger partial charge in [0.1, 0.15) is 5.75 Å². The minimum atomic E-state index is -1.09. The molecule has 5 aromatic rings. The Bertz CT molecular complexity index is 1750. The molecule has 6 rings (SSSR count). The minimum Gasteiger partial charge on any atom is -0.454 e.